The number of halogens is 5. The molecule has 10 heteroatoms. The molecule has 0 rings (SSSR count). The van der Waals surface area contributed by atoms with E-state index >= 15 is 0 Å². The van der Waals surface area contributed by atoms with Crippen molar-refractivity contribution in [2.75, 3.05) is 26.0 Å². The maximum Gasteiger partial charge on any atom is 0.453 e. The van der Waals surface area contributed by atoms with E-state index in [9.17, 15) is 30.4 Å². The normalized spacial score (nSPS) is 15.2. The van der Waals surface area contributed by atoms with Crippen molar-refractivity contribution >= 4 is 9.84 Å². The zero-order valence-corrected chi connectivity index (χ0v) is 12.4. The first-order valence-corrected chi connectivity index (χ1v) is 8.04. The number of methoxy groups -OCH3 is 1. The van der Waals surface area contributed by atoms with Crippen LogP contribution in [0.5, 0.6) is 0 Å². The number of alkyl halides is 5. The molecule has 0 fully saturated rings. The lowest BCUT2D eigenvalue weighted by Crippen LogP contribution is -2.37. The van der Waals surface area contributed by atoms with Gasteiger partial charge in [-0.1, -0.05) is 0 Å². The number of ether oxygens (including phenoxy) is 1. The maximum absolute atomic E-state index is 12.7. The summed E-state index contributed by atoms with van der Waals surface area (Å²) in [6.45, 7) is 0.217. The number of hydrogen-bond donors (Lipinski definition) is 1. The molecule has 0 saturated carbocycles. The first kappa shape index (κ1) is 20.5. The Balaban J connectivity index is 4.59. The monoisotopic (exact) mass is 341 g/mol. The summed E-state index contributed by atoms with van der Waals surface area (Å²) < 4.78 is 89.9. The smallest absolute Gasteiger partial charge is 0.385 e. The van der Waals surface area contributed by atoms with Gasteiger partial charge in [0, 0.05) is 20.1 Å². The molecular formula is C11H20F5NO3S. The van der Waals surface area contributed by atoms with E-state index in [2.05, 4.69) is 0 Å². The van der Waals surface area contributed by atoms with E-state index in [0.29, 0.717) is 0 Å². The Hall–Kier alpha value is -0.480. The third-order valence-corrected chi connectivity index (χ3v) is 5.32. The fraction of sp³-hybridized carbons (Fsp3) is 1.00. The van der Waals surface area contributed by atoms with Gasteiger partial charge in [0.15, 0.2) is 9.84 Å². The largest absolute Gasteiger partial charge is 0.453 e. The standard InChI is InChI=1S/C11H20F5NO3S/c1-20-7-4-9(3-6-17)21(18,19)8-2-5-10(12,13)11(14,15)16/h9H,2-8,17H2,1H3. The summed E-state index contributed by atoms with van der Waals surface area (Å²) in [5.74, 6) is -5.61. The molecule has 128 valence electrons. The molecule has 0 heterocycles. The average molecular weight is 341 g/mol. The topological polar surface area (TPSA) is 69.4 Å². The molecule has 0 aromatic carbocycles. The second-order valence-corrected chi connectivity index (χ2v) is 7.05. The van der Waals surface area contributed by atoms with Crippen LogP contribution in [0.15, 0.2) is 0 Å². The average Bonchev–Trinajstić information content (AvgIpc) is 2.32. The Morgan fingerprint density at radius 3 is 2.14 bits per heavy atom. The van der Waals surface area contributed by atoms with Crippen LogP contribution < -0.4 is 5.73 Å². The highest BCUT2D eigenvalue weighted by Gasteiger charge is 2.56. The highest BCUT2D eigenvalue weighted by atomic mass is 32.2. The van der Waals surface area contributed by atoms with Crippen LogP contribution >= 0.6 is 0 Å². The molecule has 4 nitrogen and oxygen atoms in total. The molecule has 0 spiro atoms. The Morgan fingerprint density at radius 2 is 1.71 bits per heavy atom. The Morgan fingerprint density at radius 1 is 1.14 bits per heavy atom. The first-order chi connectivity index (χ1) is 9.48. The van der Waals surface area contributed by atoms with E-state index < -0.39 is 45.8 Å². The van der Waals surface area contributed by atoms with Crippen molar-refractivity contribution in [3.05, 3.63) is 0 Å². The zero-order chi connectivity index (χ0) is 16.7. The molecule has 0 amide bonds. The van der Waals surface area contributed by atoms with Crippen molar-refractivity contribution in [1.29, 1.82) is 0 Å². The van der Waals surface area contributed by atoms with Gasteiger partial charge in [-0.15, -0.1) is 0 Å². The van der Waals surface area contributed by atoms with Gasteiger partial charge in [-0.2, -0.15) is 22.0 Å². The summed E-state index contributed by atoms with van der Waals surface area (Å²) in [7, 11) is -2.41. The van der Waals surface area contributed by atoms with Gasteiger partial charge in [-0.05, 0) is 25.8 Å². The molecule has 0 bridgehead atoms. The highest BCUT2D eigenvalue weighted by molar-refractivity contribution is 7.92. The fourth-order valence-corrected chi connectivity index (χ4v) is 3.57. The van der Waals surface area contributed by atoms with E-state index in [0.717, 1.165) is 0 Å². The van der Waals surface area contributed by atoms with Gasteiger partial charge in [-0.25, -0.2) is 8.42 Å². The lowest BCUT2D eigenvalue weighted by Gasteiger charge is -2.20. The predicted molar refractivity (Wildman–Crippen MR) is 68.0 cm³/mol. The minimum atomic E-state index is -5.66. The minimum Gasteiger partial charge on any atom is -0.385 e. The second-order valence-electron chi connectivity index (χ2n) is 4.65. The van der Waals surface area contributed by atoms with Gasteiger partial charge < -0.3 is 10.5 Å². The van der Waals surface area contributed by atoms with Crippen LogP contribution in [0.4, 0.5) is 22.0 Å². The van der Waals surface area contributed by atoms with Crippen LogP contribution in [0.3, 0.4) is 0 Å². The lowest BCUT2D eigenvalue weighted by molar-refractivity contribution is -0.284. The summed E-state index contributed by atoms with van der Waals surface area (Å²) in [5.41, 5.74) is 5.28. The predicted octanol–water partition coefficient (Wildman–Crippen LogP) is 2.13. The molecule has 0 aliphatic heterocycles. The molecule has 0 aliphatic rings. The van der Waals surface area contributed by atoms with Crippen molar-refractivity contribution in [2.45, 2.75) is 43.0 Å². The van der Waals surface area contributed by atoms with Gasteiger partial charge in [-0.3, -0.25) is 0 Å². The summed E-state index contributed by atoms with van der Waals surface area (Å²) in [6.07, 6.45) is -7.73. The lowest BCUT2D eigenvalue weighted by atomic mass is 10.2. The van der Waals surface area contributed by atoms with Gasteiger partial charge in [0.1, 0.15) is 0 Å². The van der Waals surface area contributed by atoms with E-state index in [1.165, 1.54) is 7.11 Å². The zero-order valence-electron chi connectivity index (χ0n) is 11.6. The van der Waals surface area contributed by atoms with Crippen molar-refractivity contribution in [1.82, 2.24) is 0 Å². The molecule has 2 N–H and O–H groups in total. The SMILES string of the molecule is COCCC(CCN)S(=O)(=O)CCCC(F)(F)C(F)(F)F. The quantitative estimate of drug-likeness (QED) is 0.618. The number of hydrogen-bond acceptors (Lipinski definition) is 4. The van der Waals surface area contributed by atoms with E-state index in [4.69, 9.17) is 10.5 Å². The van der Waals surface area contributed by atoms with Gasteiger partial charge in [0.05, 0.1) is 11.0 Å². The molecule has 0 radical (unpaired) electrons. The summed E-state index contributed by atoms with van der Waals surface area (Å²) in [4.78, 5) is 0. The minimum absolute atomic E-state index is 0.0757. The van der Waals surface area contributed by atoms with Crippen LogP contribution in [-0.2, 0) is 14.6 Å². The third kappa shape index (κ3) is 6.88. The van der Waals surface area contributed by atoms with Crippen molar-refractivity contribution in [2.24, 2.45) is 5.73 Å². The molecule has 1 atom stereocenters. The Kier molecular flexibility index (Phi) is 8.04. The van der Waals surface area contributed by atoms with Crippen molar-refractivity contribution < 1.29 is 35.1 Å². The van der Waals surface area contributed by atoms with Crippen LogP contribution in [0, 0.1) is 0 Å². The van der Waals surface area contributed by atoms with Crippen LogP contribution in [0.1, 0.15) is 25.7 Å². The van der Waals surface area contributed by atoms with Gasteiger partial charge in [0.25, 0.3) is 0 Å². The molecular weight excluding hydrogens is 321 g/mol. The Labute approximate surface area is 120 Å². The van der Waals surface area contributed by atoms with Crippen LogP contribution in [0.25, 0.3) is 0 Å². The molecule has 0 aromatic heterocycles. The summed E-state index contributed by atoms with van der Waals surface area (Å²) in [5, 5.41) is -0.887. The first-order valence-electron chi connectivity index (χ1n) is 6.33. The fourth-order valence-electron chi connectivity index (χ4n) is 1.74. The molecule has 1 unspecified atom stereocenters. The van der Waals surface area contributed by atoms with Crippen LogP contribution in [-0.4, -0.2) is 51.8 Å². The van der Waals surface area contributed by atoms with E-state index in [1.807, 2.05) is 0 Å². The van der Waals surface area contributed by atoms with Gasteiger partial charge in [0.2, 0.25) is 0 Å². The molecule has 0 aliphatic carbocycles. The third-order valence-electron chi connectivity index (χ3n) is 2.97. The van der Waals surface area contributed by atoms with Crippen LogP contribution in [0.2, 0.25) is 0 Å². The van der Waals surface area contributed by atoms with E-state index in [-0.39, 0.29) is 26.0 Å². The summed E-state index contributed by atoms with van der Waals surface area (Å²) in [6, 6.07) is 0. The van der Waals surface area contributed by atoms with Crippen molar-refractivity contribution in [3.8, 4) is 0 Å². The van der Waals surface area contributed by atoms with Crippen molar-refractivity contribution in [3.63, 3.8) is 0 Å². The number of nitrogens with two attached hydrogens (primary N) is 1. The highest BCUT2D eigenvalue weighted by Crippen LogP contribution is 2.38. The van der Waals surface area contributed by atoms with E-state index in [1.54, 1.807) is 0 Å². The van der Waals surface area contributed by atoms with Gasteiger partial charge >= 0.3 is 12.1 Å². The second kappa shape index (κ2) is 8.23. The Bertz CT molecular complexity index is 397. The maximum atomic E-state index is 12.7. The molecule has 0 aromatic rings. The number of rotatable bonds is 10. The number of sulfone groups is 1. The molecule has 21 heavy (non-hydrogen) atoms. The molecule has 0 saturated heterocycles. The summed E-state index contributed by atoms with van der Waals surface area (Å²) >= 11 is 0.